The summed E-state index contributed by atoms with van der Waals surface area (Å²) in [5.74, 6) is -6.59. The van der Waals surface area contributed by atoms with Gasteiger partial charge in [-0.05, 0) is 67.7 Å². The number of nitrogens with one attached hydrogen (secondary N) is 1. The minimum absolute atomic E-state index is 0. The SMILES string of the molecule is C.COc1ccc(CNCCF)cc1-c1ccc(O)c2c1C[C@H]1C[C@H]3C(N(C)C)C(=O)C(C(N)=O)=C(O)[C@@]3(O)C(=O)C1=C2O. The first-order valence-electron chi connectivity index (χ1n) is 13.8. The van der Waals surface area contributed by atoms with Crippen LogP contribution in [0.15, 0.2) is 47.2 Å². The third kappa shape index (κ3) is 4.83. The lowest BCUT2D eigenvalue weighted by Gasteiger charge is -2.50. The molecule has 1 fully saturated rings. The summed E-state index contributed by atoms with van der Waals surface area (Å²) in [6.45, 7) is 0.0528. The number of methoxy groups -OCH3 is 1. The van der Waals surface area contributed by atoms with Gasteiger partial charge >= 0.3 is 0 Å². The summed E-state index contributed by atoms with van der Waals surface area (Å²) in [6, 6.07) is 7.31. The van der Waals surface area contributed by atoms with E-state index in [0.717, 1.165) is 5.56 Å². The highest BCUT2D eigenvalue weighted by Crippen LogP contribution is 2.54. The van der Waals surface area contributed by atoms with Crippen LogP contribution >= 0.6 is 0 Å². The summed E-state index contributed by atoms with van der Waals surface area (Å²) in [5, 5.41) is 48.2. The van der Waals surface area contributed by atoms with Crippen molar-refractivity contribution in [2.45, 2.75) is 38.5 Å². The fourth-order valence-electron chi connectivity index (χ4n) is 6.87. The molecule has 44 heavy (non-hydrogen) atoms. The number of Topliss-reactive ketones (excluding diaryl/α,β-unsaturated/α-hetero) is 2. The van der Waals surface area contributed by atoms with E-state index < -0.39 is 64.7 Å². The number of halogens is 1. The van der Waals surface area contributed by atoms with Gasteiger partial charge in [0.05, 0.1) is 18.7 Å². The summed E-state index contributed by atoms with van der Waals surface area (Å²) in [6.07, 6.45) is 0.108. The Hall–Kier alpha value is -4.26. The highest BCUT2D eigenvalue weighted by Gasteiger charge is 2.64. The number of likely N-dealkylation sites (N-methyl/N-ethyl adjacent to an activating group) is 1. The van der Waals surface area contributed by atoms with E-state index in [1.165, 1.54) is 18.1 Å². The number of aliphatic hydroxyl groups is 3. The number of phenols is 1. The van der Waals surface area contributed by atoms with E-state index in [0.29, 0.717) is 29.0 Å². The molecular formula is C32H38FN3O8. The molecule has 0 radical (unpaired) electrons. The smallest absolute Gasteiger partial charge is 0.255 e. The number of carbonyl (C=O) groups is 3. The molecule has 1 unspecified atom stereocenters. The van der Waals surface area contributed by atoms with E-state index in [2.05, 4.69) is 5.32 Å². The molecule has 1 amide bonds. The highest BCUT2D eigenvalue weighted by molar-refractivity contribution is 6.24. The summed E-state index contributed by atoms with van der Waals surface area (Å²) in [7, 11) is 4.60. The molecule has 0 spiro atoms. The van der Waals surface area contributed by atoms with Crippen LogP contribution in [0.4, 0.5) is 4.39 Å². The number of ketones is 2. The zero-order valence-corrected chi connectivity index (χ0v) is 24.0. The summed E-state index contributed by atoms with van der Waals surface area (Å²) in [4.78, 5) is 41.0. The Morgan fingerprint density at radius 2 is 1.86 bits per heavy atom. The summed E-state index contributed by atoms with van der Waals surface area (Å²) < 4.78 is 18.3. The third-order valence-corrected chi connectivity index (χ3v) is 8.76. The van der Waals surface area contributed by atoms with Gasteiger partial charge in [-0.1, -0.05) is 19.6 Å². The fraction of sp³-hybridized carbons (Fsp3) is 0.406. The molecule has 0 saturated heterocycles. The molecular weight excluding hydrogens is 573 g/mol. The molecule has 0 aliphatic heterocycles. The van der Waals surface area contributed by atoms with E-state index in [9.17, 15) is 39.2 Å². The zero-order chi connectivity index (χ0) is 31.4. The Labute approximate surface area is 254 Å². The predicted octanol–water partition coefficient (Wildman–Crippen LogP) is 2.33. The van der Waals surface area contributed by atoms with Crippen molar-refractivity contribution in [2.75, 3.05) is 34.4 Å². The first kappa shape index (κ1) is 32.6. The summed E-state index contributed by atoms with van der Waals surface area (Å²) >= 11 is 0. The van der Waals surface area contributed by atoms with E-state index >= 15 is 0 Å². The molecule has 12 heteroatoms. The Morgan fingerprint density at radius 3 is 2.48 bits per heavy atom. The number of carbonyl (C=O) groups excluding carboxylic acids is 3. The minimum atomic E-state index is -2.71. The van der Waals surface area contributed by atoms with Gasteiger partial charge in [0.1, 0.15) is 35.3 Å². The molecule has 2 aromatic rings. The number of hydrogen-bond acceptors (Lipinski definition) is 10. The number of ether oxygens (including phenoxy) is 1. The van der Waals surface area contributed by atoms with Crippen LogP contribution in [0.5, 0.6) is 11.5 Å². The van der Waals surface area contributed by atoms with Crippen LogP contribution < -0.4 is 15.8 Å². The van der Waals surface area contributed by atoms with E-state index in [-0.39, 0.29) is 43.7 Å². The van der Waals surface area contributed by atoms with E-state index in [1.807, 2.05) is 12.1 Å². The highest BCUT2D eigenvalue weighted by atomic mass is 19.1. The van der Waals surface area contributed by atoms with Gasteiger partial charge in [0.2, 0.25) is 5.78 Å². The number of aromatic hydroxyl groups is 1. The van der Waals surface area contributed by atoms with Crippen molar-refractivity contribution in [1.29, 1.82) is 0 Å². The lowest BCUT2D eigenvalue weighted by Crippen LogP contribution is -2.65. The second kappa shape index (κ2) is 12.0. The normalized spacial score (nSPS) is 24.5. The van der Waals surface area contributed by atoms with E-state index in [1.54, 1.807) is 26.2 Å². The molecule has 3 aliphatic carbocycles. The van der Waals surface area contributed by atoms with Crippen LogP contribution in [0, 0.1) is 11.8 Å². The second-order valence-corrected chi connectivity index (χ2v) is 11.3. The monoisotopic (exact) mass is 611 g/mol. The molecule has 7 N–H and O–H groups in total. The quantitative estimate of drug-likeness (QED) is 0.191. The number of amides is 1. The average Bonchev–Trinajstić information content (AvgIpc) is 2.95. The summed E-state index contributed by atoms with van der Waals surface area (Å²) in [5.41, 5.74) is 4.16. The molecule has 11 nitrogen and oxygen atoms in total. The largest absolute Gasteiger partial charge is 0.508 e. The maximum atomic E-state index is 14.0. The van der Waals surface area contributed by atoms with Crippen molar-refractivity contribution >= 4 is 23.2 Å². The molecule has 2 aromatic carbocycles. The lowest BCUT2D eigenvalue weighted by atomic mass is 9.57. The number of nitrogens with two attached hydrogens (primary N) is 1. The maximum absolute atomic E-state index is 14.0. The second-order valence-electron chi connectivity index (χ2n) is 11.3. The Bertz CT molecular complexity index is 1600. The van der Waals surface area contributed by atoms with Crippen LogP contribution in [0.1, 0.15) is 30.5 Å². The first-order valence-corrected chi connectivity index (χ1v) is 13.8. The van der Waals surface area contributed by atoms with Gasteiger partial charge in [0.25, 0.3) is 5.91 Å². The molecule has 0 aromatic heterocycles. The van der Waals surface area contributed by atoms with Crippen molar-refractivity contribution in [3.8, 4) is 22.6 Å². The number of nitrogens with zero attached hydrogens (tertiary/aromatic N) is 1. The van der Waals surface area contributed by atoms with Crippen molar-refractivity contribution < 1.29 is 43.9 Å². The van der Waals surface area contributed by atoms with Gasteiger partial charge in [-0.3, -0.25) is 19.3 Å². The van der Waals surface area contributed by atoms with Gasteiger partial charge in [0.15, 0.2) is 11.4 Å². The van der Waals surface area contributed by atoms with Crippen LogP contribution in [0.25, 0.3) is 16.9 Å². The van der Waals surface area contributed by atoms with Crippen molar-refractivity contribution in [3.63, 3.8) is 0 Å². The van der Waals surface area contributed by atoms with Gasteiger partial charge in [-0.2, -0.15) is 0 Å². The zero-order valence-electron chi connectivity index (χ0n) is 24.0. The standard InChI is InChI=1S/C31H34FN3O8.CH4/c1-35(2)25-19-12-15-11-18-16(17-10-14(13-34-9-8-32)4-7-21(17)43-3)5-6-20(36)23(18)26(37)22(15)28(39)31(19,42)29(40)24(27(25)38)30(33)41;/h4-7,10,15,19,25,34,36-37,40,42H,8-9,11-13H2,1-3H3,(H2,33,41);1H4/t15-,19-,25?,31-;/m0./s1. The van der Waals surface area contributed by atoms with E-state index in [4.69, 9.17) is 10.5 Å². The van der Waals surface area contributed by atoms with Gasteiger partial charge in [-0.25, -0.2) is 4.39 Å². The maximum Gasteiger partial charge on any atom is 0.255 e. The lowest BCUT2D eigenvalue weighted by molar-refractivity contribution is -0.153. The number of primary amides is 1. The Kier molecular flexibility index (Phi) is 8.92. The van der Waals surface area contributed by atoms with Gasteiger partial charge in [0, 0.05) is 30.1 Å². The molecule has 5 rings (SSSR count). The van der Waals surface area contributed by atoms with Gasteiger partial charge in [-0.15, -0.1) is 0 Å². The molecule has 0 heterocycles. The molecule has 1 saturated carbocycles. The van der Waals surface area contributed by atoms with Gasteiger partial charge < -0.3 is 36.2 Å². The molecule has 4 atom stereocenters. The van der Waals surface area contributed by atoms with Crippen molar-refractivity contribution in [3.05, 3.63) is 63.9 Å². The van der Waals surface area contributed by atoms with Crippen molar-refractivity contribution in [1.82, 2.24) is 10.2 Å². The van der Waals surface area contributed by atoms with Crippen molar-refractivity contribution in [2.24, 2.45) is 17.6 Å². The fourth-order valence-corrected chi connectivity index (χ4v) is 6.87. The average molecular weight is 612 g/mol. The molecule has 3 aliphatic rings. The third-order valence-electron chi connectivity index (χ3n) is 8.76. The Balaban J connectivity index is 0.00000442. The van der Waals surface area contributed by atoms with Crippen LogP contribution in [-0.4, -0.2) is 88.9 Å². The predicted molar refractivity (Wildman–Crippen MR) is 161 cm³/mol. The minimum Gasteiger partial charge on any atom is -0.508 e. The van der Waals surface area contributed by atoms with Crippen LogP contribution in [-0.2, 0) is 27.3 Å². The number of fused-ring (bicyclic) bond motifs is 3. The first-order chi connectivity index (χ1) is 20.4. The Morgan fingerprint density at radius 1 is 1.16 bits per heavy atom. The topological polar surface area (TPSA) is 183 Å². The number of alkyl halides is 1. The molecule has 236 valence electrons. The van der Waals surface area contributed by atoms with Crippen LogP contribution in [0.3, 0.4) is 0 Å². The van der Waals surface area contributed by atoms with Crippen LogP contribution in [0.2, 0.25) is 0 Å². The number of aliphatic hydroxyl groups excluding tert-OH is 2. The number of benzene rings is 2. The number of phenolic OH excluding ortho intramolecular Hbond substituents is 1. The number of rotatable bonds is 8. The molecule has 0 bridgehead atoms. The number of hydrogen-bond donors (Lipinski definition) is 6.